The van der Waals surface area contributed by atoms with Crippen molar-refractivity contribution >= 4 is 25.9 Å². The lowest BCUT2D eigenvalue weighted by molar-refractivity contribution is 0.400. The van der Waals surface area contributed by atoms with Crippen LogP contribution in [0, 0.1) is 13.8 Å². The maximum atomic E-state index is 12.0. The molecular formula is C14H19N3O5S2. The van der Waals surface area contributed by atoms with Crippen LogP contribution in [0.1, 0.15) is 16.9 Å². The van der Waals surface area contributed by atoms with Gasteiger partial charge in [0.1, 0.15) is 5.76 Å². The Morgan fingerprint density at radius 1 is 1.04 bits per heavy atom. The highest BCUT2D eigenvalue weighted by molar-refractivity contribution is 7.92. The maximum Gasteiger partial charge on any atom is 0.235 e. The highest BCUT2D eigenvalue weighted by Crippen LogP contribution is 2.09. The molecule has 0 bridgehead atoms. The molecule has 8 nitrogen and oxygen atoms in total. The number of nitrogens with one attached hydrogen (secondary N) is 2. The second-order valence-electron chi connectivity index (χ2n) is 5.38. The van der Waals surface area contributed by atoms with Crippen LogP contribution in [0.3, 0.4) is 0 Å². The van der Waals surface area contributed by atoms with Gasteiger partial charge in [-0.05, 0) is 19.4 Å². The molecule has 132 valence electrons. The van der Waals surface area contributed by atoms with Gasteiger partial charge in [0.25, 0.3) is 0 Å². The van der Waals surface area contributed by atoms with Crippen molar-refractivity contribution in [2.45, 2.75) is 19.6 Å². The molecule has 0 amide bonds. The highest BCUT2D eigenvalue weighted by atomic mass is 32.2. The van der Waals surface area contributed by atoms with E-state index >= 15 is 0 Å². The van der Waals surface area contributed by atoms with Crippen LogP contribution in [0.4, 0.5) is 5.82 Å². The molecule has 10 heteroatoms. The molecule has 0 saturated heterocycles. The van der Waals surface area contributed by atoms with Crippen molar-refractivity contribution in [3.63, 3.8) is 0 Å². The summed E-state index contributed by atoms with van der Waals surface area (Å²) in [5.74, 6) is -0.0866. The van der Waals surface area contributed by atoms with Crippen molar-refractivity contribution in [2.24, 2.45) is 0 Å². The molecule has 1 aromatic carbocycles. The van der Waals surface area contributed by atoms with Gasteiger partial charge >= 0.3 is 0 Å². The Morgan fingerprint density at radius 3 is 2.29 bits per heavy atom. The zero-order valence-corrected chi connectivity index (χ0v) is 14.9. The van der Waals surface area contributed by atoms with Gasteiger partial charge in [0.05, 0.1) is 11.5 Å². The number of sulfonamides is 2. The number of aromatic nitrogens is 1. The Labute approximate surface area is 141 Å². The Bertz CT molecular complexity index is 887. The smallest absolute Gasteiger partial charge is 0.235 e. The standard InChI is InChI=1S/C14H19N3O5S2/c1-11-3-5-13(6-4-11)10-24(20,21)15-7-8-23(18,19)17-14-9-12(2)22-16-14/h3-6,9,15H,7-8,10H2,1-2H3,(H,16,17). The first-order valence-electron chi connectivity index (χ1n) is 7.12. The Balaban J connectivity index is 1.86. The van der Waals surface area contributed by atoms with Crippen LogP contribution in [0.5, 0.6) is 0 Å². The van der Waals surface area contributed by atoms with Gasteiger partial charge in [0.15, 0.2) is 5.82 Å². The fourth-order valence-corrected chi connectivity index (χ4v) is 4.07. The number of benzene rings is 1. The lowest BCUT2D eigenvalue weighted by Gasteiger charge is -2.08. The molecule has 1 heterocycles. The van der Waals surface area contributed by atoms with Crippen LogP contribution in [0.25, 0.3) is 0 Å². The van der Waals surface area contributed by atoms with Crippen molar-refractivity contribution in [1.29, 1.82) is 0 Å². The number of aryl methyl sites for hydroxylation is 2. The van der Waals surface area contributed by atoms with E-state index in [0.717, 1.165) is 5.56 Å². The summed E-state index contributed by atoms with van der Waals surface area (Å²) in [5, 5.41) is 3.52. The first kappa shape index (κ1) is 18.4. The molecule has 2 N–H and O–H groups in total. The predicted octanol–water partition coefficient (Wildman–Crippen LogP) is 1.15. The van der Waals surface area contributed by atoms with Crippen molar-refractivity contribution < 1.29 is 21.4 Å². The molecule has 0 unspecified atom stereocenters. The summed E-state index contributed by atoms with van der Waals surface area (Å²) in [6, 6.07) is 8.51. The third kappa shape index (κ3) is 5.95. The third-order valence-corrected chi connectivity index (χ3v) is 5.68. The molecule has 0 atom stereocenters. The summed E-state index contributed by atoms with van der Waals surface area (Å²) in [6.07, 6.45) is 0. The summed E-state index contributed by atoms with van der Waals surface area (Å²) >= 11 is 0. The zero-order valence-electron chi connectivity index (χ0n) is 13.3. The molecule has 0 radical (unpaired) electrons. The van der Waals surface area contributed by atoms with Crippen molar-refractivity contribution in [2.75, 3.05) is 17.0 Å². The Hall–Kier alpha value is -1.91. The van der Waals surface area contributed by atoms with E-state index < -0.39 is 25.8 Å². The van der Waals surface area contributed by atoms with E-state index in [-0.39, 0.29) is 18.1 Å². The SMILES string of the molecule is Cc1ccc(CS(=O)(=O)NCCS(=O)(=O)Nc2cc(C)on2)cc1. The molecule has 0 spiro atoms. The topological polar surface area (TPSA) is 118 Å². The predicted molar refractivity (Wildman–Crippen MR) is 90.5 cm³/mol. The van der Waals surface area contributed by atoms with Crippen molar-refractivity contribution in [3.05, 3.63) is 47.2 Å². The normalized spacial score (nSPS) is 12.2. The molecule has 1 aromatic heterocycles. The first-order valence-corrected chi connectivity index (χ1v) is 10.4. The Morgan fingerprint density at radius 2 is 1.71 bits per heavy atom. The number of anilines is 1. The molecule has 0 aliphatic rings. The summed E-state index contributed by atoms with van der Waals surface area (Å²) in [7, 11) is -7.34. The average molecular weight is 373 g/mol. The largest absolute Gasteiger partial charge is 0.360 e. The fourth-order valence-electron chi connectivity index (χ4n) is 1.91. The van der Waals surface area contributed by atoms with Gasteiger partial charge in [-0.15, -0.1) is 0 Å². The van der Waals surface area contributed by atoms with Gasteiger partial charge in [-0.3, -0.25) is 4.72 Å². The minimum Gasteiger partial charge on any atom is -0.360 e. The lowest BCUT2D eigenvalue weighted by Crippen LogP contribution is -2.32. The summed E-state index contributed by atoms with van der Waals surface area (Å²) in [4.78, 5) is 0. The van der Waals surface area contributed by atoms with Crippen LogP contribution < -0.4 is 9.44 Å². The van der Waals surface area contributed by atoms with Gasteiger partial charge in [0.2, 0.25) is 20.0 Å². The minimum atomic E-state index is -3.72. The molecule has 24 heavy (non-hydrogen) atoms. The second-order valence-corrected chi connectivity index (χ2v) is 9.03. The van der Waals surface area contributed by atoms with Crippen LogP contribution in [-0.4, -0.2) is 34.3 Å². The third-order valence-electron chi connectivity index (χ3n) is 3.06. The molecule has 0 saturated carbocycles. The van der Waals surface area contributed by atoms with Gasteiger partial charge in [-0.2, -0.15) is 0 Å². The second kappa shape index (κ2) is 7.32. The average Bonchev–Trinajstić information content (AvgIpc) is 2.85. The molecule has 0 aliphatic heterocycles. The van der Waals surface area contributed by atoms with Crippen LogP contribution in [0.2, 0.25) is 0 Å². The molecule has 0 fully saturated rings. The summed E-state index contributed by atoms with van der Waals surface area (Å²) < 4.78 is 56.9. The number of nitrogens with zero attached hydrogens (tertiary/aromatic N) is 1. The fraction of sp³-hybridized carbons (Fsp3) is 0.357. The van der Waals surface area contributed by atoms with Crippen LogP contribution in [0.15, 0.2) is 34.9 Å². The molecular weight excluding hydrogens is 354 g/mol. The van der Waals surface area contributed by atoms with E-state index in [2.05, 4.69) is 14.6 Å². The van der Waals surface area contributed by atoms with E-state index in [0.29, 0.717) is 11.3 Å². The lowest BCUT2D eigenvalue weighted by atomic mass is 10.2. The number of hydrogen-bond acceptors (Lipinski definition) is 6. The van der Waals surface area contributed by atoms with Gasteiger partial charge < -0.3 is 4.52 Å². The first-order chi connectivity index (χ1) is 11.2. The molecule has 2 aromatic rings. The van der Waals surface area contributed by atoms with E-state index in [1.54, 1.807) is 19.1 Å². The summed E-state index contributed by atoms with van der Waals surface area (Å²) in [5.41, 5.74) is 1.66. The van der Waals surface area contributed by atoms with Gasteiger partial charge in [-0.1, -0.05) is 35.0 Å². The zero-order chi connectivity index (χ0) is 17.8. The van der Waals surface area contributed by atoms with E-state index in [1.165, 1.54) is 6.07 Å². The quantitative estimate of drug-likeness (QED) is 0.717. The monoisotopic (exact) mass is 373 g/mol. The number of rotatable bonds is 8. The van der Waals surface area contributed by atoms with Gasteiger partial charge in [-0.25, -0.2) is 21.6 Å². The highest BCUT2D eigenvalue weighted by Gasteiger charge is 2.16. The Kier molecular flexibility index (Phi) is 5.62. The number of hydrogen-bond donors (Lipinski definition) is 2. The van der Waals surface area contributed by atoms with Gasteiger partial charge in [0, 0.05) is 12.6 Å². The molecule has 0 aliphatic carbocycles. The van der Waals surface area contributed by atoms with Crippen LogP contribution in [-0.2, 0) is 25.8 Å². The summed E-state index contributed by atoms with van der Waals surface area (Å²) in [6.45, 7) is 3.30. The van der Waals surface area contributed by atoms with Crippen molar-refractivity contribution in [3.8, 4) is 0 Å². The van der Waals surface area contributed by atoms with Crippen molar-refractivity contribution in [1.82, 2.24) is 9.88 Å². The van der Waals surface area contributed by atoms with E-state index in [1.807, 2.05) is 19.1 Å². The van der Waals surface area contributed by atoms with E-state index in [4.69, 9.17) is 4.52 Å². The van der Waals surface area contributed by atoms with E-state index in [9.17, 15) is 16.8 Å². The molecule has 2 rings (SSSR count). The van der Waals surface area contributed by atoms with Crippen LogP contribution >= 0.6 is 0 Å². The minimum absolute atomic E-state index is 0.0648. The maximum absolute atomic E-state index is 12.0.